The molecule has 0 fully saturated rings. The van der Waals surface area contributed by atoms with Gasteiger partial charge in [-0.25, -0.2) is 4.79 Å². The lowest BCUT2D eigenvalue weighted by atomic mass is 10.0. The number of carbonyl (C=O) groups is 2. The Morgan fingerprint density at radius 3 is 2.35 bits per heavy atom. The Bertz CT molecular complexity index is 503. The molecule has 1 aromatic rings. The molecule has 1 aliphatic rings. The van der Waals surface area contributed by atoms with Gasteiger partial charge in [-0.15, -0.1) is 0 Å². The summed E-state index contributed by atoms with van der Waals surface area (Å²) in [4.78, 5) is 24.2. The monoisotopic (exact) mass is 278 g/mol. The van der Waals surface area contributed by atoms with Crippen molar-refractivity contribution in [1.82, 2.24) is 10.2 Å². The summed E-state index contributed by atoms with van der Waals surface area (Å²) >= 11 is 0. The fraction of sp³-hybridized carbons (Fsp3) is 0.429. The predicted molar refractivity (Wildman–Crippen MR) is 72.0 cm³/mol. The smallest absolute Gasteiger partial charge is 0.318 e. The summed E-state index contributed by atoms with van der Waals surface area (Å²) in [5, 5.41) is 21.1. The molecule has 0 radical (unpaired) electrons. The second-order valence-electron chi connectivity index (χ2n) is 5.35. The third-order valence-electron chi connectivity index (χ3n) is 3.28. The first-order valence-corrected chi connectivity index (χ1v) is 6.41. The van der Waals surface area contributed by atoms with Crippen LogP contribution in [0.4, 0.5) is 4.79 Å². The Balaban J connectivity index is 1.87. The summed E-state index contributed by atoms with van der Waals surface area (Å²) in [6.45, 7) is 2.36. The van der Waals surface area contributed by atoms with E-state index in [4.69, 9.17) is 5.11 Å². The van der Waals surface area contributed by atoms with E-state index in [9.17, 15) is 14.7 Å². The standard InChI is InChI=1S/C14H18N2O4/c1-14(20,6-12(17)18)9-15-13(19)16-7-10-4-2-3-5-11(10)8-16/h2-5,20H,6-9H2,1H3,(H,15,19)(H,17,18). The topological polar surface area (TPSA) is 89.9 Å². The predicted octanol–water partition coefficient (Wildman–Crippen LogP) is 0.937. The van der Waals surface area contributed by atoms with E-state index >= 15 is 0 Å². The van der Waals surface area contributed by atoms with Crippen LogP contribution in [0.2, 0.25) is 0 Å². The number of nitrogens with one attached hydrogen (secondary N) is 1. The lowest BCUT2D eigenvalue weighted by Crippen LogP contribution is -2.46. The van der Waals surface area contributed by atoms with Crippen molar-refractivity contribution in [3.8, 4) is 0 Å². The average molecular weight is 278 g/mol. The van der Waals surface area contributed by atoms with E-state index < -0.39 is 18.0 Å². The second kappa shape index (κ2) is 5.50. The number of benzene rings is 1. The molecule has 20 heavy (non-hydrogen) atoms. The van der Waals surface area contributed by atoms with Gasteiger partial charge in [-0.3, -0.25) is 4.79 Å². The van der Waals surface area contributed by atoms with Crippen LogP contribution in [0.5, 0.6) is 0 Å². The molecule has 2 amide bonds. The number of aliphatic hydroxyl groups is 1. The molecule has 3 N–H and O–H groups in total. The number of carbonyl (C=O) groups excluding carboxylic acids is 1. The van der Waals surface area contributed by atoms with Crippen molar-refractivity contribution in [3.05, 3.63) is 35.4 Å². The van der Waals surface area contributed by atoms with E-state index in [1.807, 2.05) is 24.3 Å². The van der Waals surface area contributed by atoms with Crippen molar-refractivity contribution in [2.24, 2.45) is 0 Å². The summed E-state index contributed by atoms with van der Waals surface area (Å²) in [5.74, 6) is -1.10. The highest BCUT2D eigenvalue weighted by Crippen LogP contribution is 2.22. The molecule has 0 aromatic heterocycles. The second-order valence-corrected chi connectivity index (χ2v) is 5.35. The normalized spacial score (nSPS) is 16.4. The van der Waals surface area contributed by atoms with E-state index in [0.29, 0.717) is 13.1 Å². The van der Waals surface area contributed by atoms with Crippen molar-refractivity contribution in [1.29, 1.82) is 0 Å². The molecule has 0 bridgehead atoms. The molecule has 6 heteroatoms. The zero-order valence-electron chi connectivity index (χ0n) is 11.3. The highest BCUT2D eigenvalue weighted by atomic mass is 16.4. The van der Waals surface area contributed by atoms with E-state index in [2.05, 4.69) is 5.32 Å². The summed E-state index contributed by atoms with van der Waals surface area (Å²) in [6.07, 6.45) is -0.409. The number of rotatable bonds is 4. The lowest BCUT2D eigenvalue weighted by molar-refractivity contribution is -0.141. The van der Waals surface area contributed by atoms with Crippen molar-refractivity contribution < 1.29 is 19.8 Å². The molecular weight excluding hydrogens is 260 g/mol. The number of urea groups is 1. The highest BCUT2D eigenvalue weighted by molar-refractivity contribution is 5.75. The summed E-state index contributed by atoms with van der Waals surface area (Å²) < 4.78 is 0. The fourth-order valence-electron chi connectivity index (χ4n) is 2.24. The number of amides is 2. The SMILES string of the molecule is CC(O)(CNC(=O)N1Cc2ccccc2C1)CC(=O)O. The van der Waals surface area contributed by atoms with Gasteiger partial charge in [0.25, 0.3) is 0 Å². The van der Waals surface area contributed by atoms with Gasteiger partial charge in [-0.2, -0.15) is 0 Å². The number of hydrogen-bond acceptors (Lipinski definition) is 3. The molecule has 0 aliphatic carbocycles. The molecule has 1 heterocycles. The average Bonchev–Trinajstić information content (AvgIpc) is 2.78. The minimum absolute atomic E-state index is 0.0923. The minimum Gasteiger partial charge on any atom is -0.481 e. The summed E-state index contributed by atoms with van der Waals surface area (Å²) in [5.41, 5.74) is 0.772. The number of nitrogens with zero attached hydrogens (tertiary/aromatic N) is 1. The number of aliphatic carboxylic acids is 1. The molecule has 0 saturated heterocycles. The molecule has 1 unspecified atom stereocenters. The van der Waals surface area contributed by atoms with Gasteiger partial charge in [0, 0.05) is 19.6 Å². The Hall–Kier alpha value is -2.08. The van der Waals surface area contributed by atoms with Gasteiger partial charge in [0.15, 0.2) is 0 Å². The van der Waals surface area contributed by atoms with E-state index in [1.165, 1.54) is 6.92 Å². The maximum atomic E-state index is 12.0. The lowest BCUT2D eigenvalue weighted by Gasteiger charge is -2.24. The van der Waals surface area contributed by atoms with Gasteiger partial charge < -0.3 is 20.4 Å². The van der Waals surface area contributed by atoms with Crippen LogP contribution in [0, 0.1) is 0 Å². The van der Waals surface area contributed by atoms with Gasteiger partial charge in [0.05, 0.1) is 12.0 Å². The van der Waals surface area contributed by atoms with Gasteiger partial charge in [-0.1, -0.05) is 24.3 Å². The van der Waals surface area contributed by atoms with E-state index in [0.717, 1.165) is 11.1 Å². The summed E-state index contributed by atoms with van der Waals surface area (Å²) in [6, 6.07) is 7.51. The largest absolute Gasteiger partial charge is 0.481 e. The van der Waals surface area contributed by atoms with Crippen LogP contribution in [-0.4, -0.2) is 39.3 Å². The third kappa shape index (κ3) is 3.48. The number of carboxylic acid groups (broad SMARTS) is 1. The molecule has 0 spiro atoms. The Labute approximate surface area is 117 Å². The Morgan fingerprint density at radius 1 is 1.30 bits per heavy atom. The number of hydrogen-bond donors (Lipinski definition) is 3. The molecule has 1 aromatic carbocycles. The van der Waals surface area contributed by atoms with Crippen LogP contribution < -0.4 is 5.32 Å². The van der Waals surface area contributed by atoms with Gasteiger partial charge >= 0.3 is 12.0 Å². The van der Waals surface area contributed by atoms with Crippen LogP contribution in [-0.2, 0) is 17.9 Å². The zero-order chi connectivity index (χ0) is 14.8. The Morgan fingerprint density at radius 2 is 1.85 bits per heavy atom. The van der Waals surface area contributed by atoms with Crippen LogP contribution in [0.25, 0.3) is 0 Å². The van der Waals surface area contributed by atoms with Crippen molar-refractivity contribution in [2.45, 2.75) is 32.0 Å². The summed E-state index contributed by atoms with van der Waals surface area (Å²) in [7, 11) is 0. The molecule has 6 nitrogen and oxygen atoms in total. The number of fused-ring (bicyclic) bond motifs is 1. The Kier molecular flexibility index (Phi) is 3.94. The first-order chi connectivity index (χ1) is 9.37. The maximum absolute atomic E-state index is 12.0. The third-order valence-corrected chi connectivity index (χ3v) is 3.28. The van der Waals surface area contributed by atoms with E-state index in [1.54, 1.807) is 4.90 Å². The van der Waals surface area contributed by atoms with Crippen molar-refractivity contribution in [2.75, 3.05) is 6.54 Å². The first-order valence-electron chi connectivity index (χ1n) is 6.41. The van der Waals surface area contributed by atoms with Crippen molar-refractivity contribution in [3.63, 3.8) is 0 Å². The van der Waals surface area contributed by atoms with Crippen LogP contribution >= 0.6 is 0 Å². The molecule has 2 rings (SSSR count). The van der Waals surface area contributed by atoms with Crippen LogP contribution in [0.3, 0.4) is 0 Å². The van der Waals surface area contributed by atoms with Crippen LogP contribution in [0.1, 0.15) is 24.5 Å². The molecule has 0 saturated carbocycles. The fourth-order valence-corrected chi connectivity index (χ4v) is 2.24. The molecule has 1 aliphatic heterocycles. The van der Waals surface area contributed by atoms with Crippen molar-refractivity contribution >= 4 is 12.0 Å². The maximum Gasteiger partial charge on any atom is 0.318 e. The molecular formula is C14H18N2O4. The minimum atomic E-state index is -1.45. The highest BCUT2D eigenvalue weighted by Gasteiger charge is 2.27. The van der Waals surface area contributed by atoms with Crippen LogP contribution in [0.15, 0.2) is 24.3 Å². The number of carboxylic acids is 1. The zero-order valence-corrected chi connectivity index (χ0v) is 11.3. The van der Waals surface area contributed by atoms with Gasteiger partial charge in [0.2, 0.25) is 0 Å². The molecule has 108 valence electrons. The quantitative estimate of drug-likeness (QED) is 0.764. The van der Waals surface area contributed by atoms with Gasteiger partial charge in [-0.05, 0) is 18.1 Å². The van der Waals surface area contributed by atoms with Gasteiger partial charge in [0.1, 0.15) is 0 Å². The molecule has 1 atom stereocenters. The first kappa shape index (κ1) is 14.3. The van der Waals surface area contributed by atoms with E-state index in [-0.39, 0.29) is 12.6 Å².